The summed E-state index contributed by atoms with van der Waals surface area (Å²) in [6.45, 7) is 26.4. The quantitative estimate of drug-likeness (QED) is 0.402. The molecule has 0 aliphatic heterocycles. The number of phenolic OH excluding ortho intramolecular Hbond substituents is 2. The van der Waals surface area contributed by atoms with Gasteiger partial charge in [-0.3, -0.25) is 0 Å². The molecular weight excluding hydrogens is 488 g/mol. The van der Waals surface area contributed by atoms with Crippen LogP contribution in [0.4, 0.5) is 0 Å². The molecule has 0 unspecified atom stereocenters. The van der Waals surface area contributed by atoms with E-state index >= 15 is 0 Å². The van der Waals surface area contributed by atoms with E-state index in [0.29, 0.717) is 23.3 Å². The number of benzene rings is 2. The third-order valence-electron chi connectivity index (χ3n) is 8.55. The van der Waals surface area contributed by atoms with Crippen LogP contribution in [0.15, 0.2) is 36.4 Å². The molecule has 1 aliphatic rings. The standard InChI is InChI=1S/C38H56O2/c1-35(2,3)29-21-27(33(39)31(23-29)37(7,8)9)19-17-25-15-13-14-16-26(25)18-20-28-22-30(36(4,5)6)24-32(34(28)40)38(10,11)12/h17-26,39-40H,13-16H2,1-12H3/b19-17+,20-18+/t25-,26-/m0/s1. The highest BCUT2D eigenvalue weighted by Crippen LogP contribution is 2.41. The summed E-state index contributed by atoms with van der Waals surface area (Å²) in [7, 11) is 0. The monoisotopic (exact) mass is 544 g/mol. The van der Waals surface area contributed by atoms with Crippen LogP contribution in [0.5, 0.6) is 11.5 Å². The average Bonchev–Trinajstić information content (AvgIpc) is 2.80. The van der Waals surface area contributed by atoms with Crippen LogP contribution in [0, 0.1) is 11.8 Å². The van der Waals surface area contributed by atoms with Gasteiger partial charge in [-0.1, -0.05) is 132 Å². The molecule has 1 saturated carbocycles. The van der Waals surface area contributed by atoms with E-state index in [-0.39, 0.29) is 21.7 Å². The van der Waals surface area contributed by atoms with Gasteiger partial charge in [0, 0.05) is 22.3 Å². The molecule has 0 amide bonds. The van der Waals surface area contributed by atoms with E-state index in [4.69, 9.17) is 0 Å². The van der Waals surface area contributed by atoms with Crippen LogP contribution >= 0.6 is 0 Å². The fraction of sp³-hybridized carbons (Fsp3) is 0.579. The SMILES string of the molecule is CC(C)(C)c1cc(/C=C/[C@@H]2CCCC[C@H]2/C=C/c2cc(C(C)(C)C)cc(C(C)(C)C)c2O)c(O)c(C(C)(C)C)c1. The molecule has 0 saturated heterocycles. The Balaban J connectivity index is 2.00. The Labute approximate surface area is 245 Å². The van der Waals surface area contributed by atoms with Crippen molar-refractivity contribution in [1.82, 2.24) is 0 Å². The van der Waals surface area contributed by atoms with E-state index in [1.807, 2.05) is 0 Å². The van der Waals surface area contributed by atoms with Crippen LogP contribution in [0.25, 0.3) is 12.2 Å². The zero-order chi connectivity index (χ0) is 30.3. The highest BCUT2D eigenvalue weighted by Gasteiger charge is 2.27. The molecule has 2 N–H and O–H groups in total. The third kappa shape index (κ3) is 7.62. The van der Waals surface area contributed by atoms with E-state index < -0.39 is 0 Å². The van der Waals surface area contributed by atoms with Gasteiger partial charge in [0.05, 0.1) is 0 Å². The Hall–Kier alpha value is -2.48. The summed E-state index contributed by atoms with van der Waals surface area (Å²) in [4.78, 5) is 0. The van der Waals surface area contributed by atoms with Gasteiger partial charge < -0.3 is 10.2 Å². The lowest BCUT2D eigenvalue weighted by atomic mass is 9.76. The molecule has 2 aromatic carbocycles. The number of hydrogen-bond donors (Lipinski definition) is 2. The lowest BCUT2D eigenvalue weighted by molar-refractivity contribution is 0.339. The van der Waals surface area contributed by atoms with Crippen molar-refractivity contribution in [1.29, 1.82) is 0 Å². The van der Waals surface area contributed by atoms with Crippen molar-refractivity contribution in [2.45, 2.75) is 130 Å². The van der Waals surface area contributed by atoms with Crippen LogP contribution < -0.4 is 0 Å². The molecule has 0 heterocycles. The number of allylic oxidation sites excluding steroid dienone is 2. The Kier molecular flexibility index (Phi) is 9.15. The predicted molar refractivity (Wildman–Crippen MR) is 175 cm³/mol. The summed E-state index contributed by atoms with van der Waals surface area (Å²) in [6, 6.07) is 8.70. The van der Waals surface area contributed by atoms with Crippen molar-refractivity contribution in [2.24, 2.45) is 11.8 Å². The van der Waals surface area contributed by atoms with Crippen molar-refractivity contribution in [3.8, 4) is 11.5 Å². The molecule has 2 aromatic rings. The number of hydrogen-bond acceptors (Lipinski definition) is 2. The van der Waals surface area contributed by atoms with Gasteiger partial charge in [0.2, 0.25) is 0 Å². The Bertz CT molecular complexity index is 1150. The molecule has 1 aliphatic carbocycles. The van der Waals surface area contributed by atoms with E-state index in [2.05, 4.69) is 132 Å². The summed E-state index contributed by atoms with van der Waals surface area (Å²) >= 11 is 0. The molecule has 2 heteroatoms. The van der Waals surface area contributed by atoms with Crippen LogP contribution in [0.1, 0.15) is 142 Å². The topological polar surface area (TPSA) is 40.5 Å². The molecule has 2 nitrogen and oxygen atoms in total. The minimum atomic E-state index is -0.139. The summed E-state index contributed by atoms with van der Waals surface area (Å²) in [5, 5.41) is 22.6. The Morgan fingerprint density at radius 2 is 0.850 bits per heavy atom. The largest absolute Gasteiger partial charge is 0.507 e. The van der Waals surface area contributed by atoms with Crippen molar-refractivity contribution in [2.75, 3.05) is 0 Å². The van der Waals surface area contributed by atoms with E-state index in [0.717, 1.165) is 35.1 Å². The summed E-state index contributed by atoms with van der Waals surface area (Å²) in [5.74, 6) is 1.60. The molecular formula is C38H56O2. The van der Waals surface area contributed by atoms with E-state index in [1.54, 1.807) is 0 Å². The second-order valence-corrected chi connectivity index (χ2v) is 16.3. The fourth-order valence-corrected chi connectivity index (χ4v) is 5.70. The third-order valence-corrected chi connectivity index (χ3v) is 8.55. The number of phenols is 2. The zero-order valence-corrected chi connectivity index (χ0v) is 27.5. The second kappa shape index (κ2) is 11.4. The maximum atomic E-state index is 11.3. The maximum absolute atomic E-state index is 11.3. The van der Waals surface area contributed by atoms with Gasteiger partial charge in [-0.15, -0.1) is 0 Å². The molecule has 1 fully saturated rings. The van der Waals surface area contributed by atoms with Gasteiger partial charge in [-0.2, -0.15) is 0 Å². The molecule has 0 aromatic heterocycles. The molecule has 2 atom stereocenters. The predicted octanol–water partition coefficient (Wildman–Crippen LogP) is 10.8. The lowest BCUT2D eigenvalue weighted by Gasteiger charge is -2.29. The minimum Gasteiger partial charge on any atom is -0.507 e. The van der Waals surface area contributed by atoms with Gasteiger partial charge in [-0.25, -0.2) is 0 Å². The zero-order valence-electron chi connectivity index (χ0n) is 27.5. The molecule has 0 spiro atoms. The minimum absolute atomic E-state index is 0.00189. The molecule has 0 radical (unpaired) electrons. The van der Waals surface area contributed by atoms with Gasteiger partial charge in [0.25, 0.3) is 0 Å². The normalized spacial score (nSPS) is 19.6. The highest BCUT2D eigenvalue weighted by molar-refractivity contribution is 5.64. The first kappa shape index (κ1) is 32.0. The highest BCUT2D eigenvalue weighted by atomic mass is 16.3. The summed E-state index contributed by atoms with van der Waals surface area (Å²) < 4.78 is 0. The maximum Gasteiger partial charge on any atom is 0.126 e. The van der Waals surface area contributed by atoms with Crippen LogP contribution in [0.2, 0.25) is 0 Å². The van der Waals surface area contributed by atoms with E-state index in [1.165, 1.54) is 24.0 Å². The smallest absolute Gasteiger partial charge is 0.126 e. The molecule has 40 heavy (non-hydrogen) atoms. The van der Waals surface area contributed by atoms with Crippen molar-refractivity contribution in [3.05, 3.63) is 69.8 Å². The average molecular weight is 545 g/mol. The van der Waals surface area contributed by atoms with Crippen molar-refractivity contribution < 1.29 is 10.2 Å². The first-order valence-corrected chi connectivity index (χ1v) is 15.3. The second-order valence-electron chi connectivity index (χ2n) is 16.3. The number of aromatic hydroxyl groups is 2. The first-order valence-electron chi connectivity index (χ1n) is 15.3. The summed E-state index contributed by atoms with van der Waals surface area (Å²) in [6.07, 6.45) is 13.7. The van der Waals surface area contributed by atoms with Crippen molar-refractivity contribution in [3.63, 3.8) is 0 Å². The Morgan fingerprint density at radius 1 is 0.525 bits per heavy atom. The van der Waals surface area contributed by atoms with Gasteiger partial charge in [-0.05, 0) is 69.6 Å². The first-order chi connectivity index (χ1) is 18.2. The summed E-state index contributed by atoms with van der Waals surface area (Å²) in [5.41, 5.74) is 6.06. The molecule has 220 valence electrons. The van der Waals surface area contributed by atoms with Gasteiger partial charge in [0.1, 0.15) is 11.5 Å². The van der Waals surface area contributed by atoms with Crippen LogP contribution in [-0.4, -0.2) is 10.2 Å². The van der Waals surface area contributed by atoms with Crippen LogP contribution in [-0.2, 0) is 21.7 Å². The Morgan fingerprint density at radius 3 is 1.12 bits per heavy atom. The molecule has 3 rings (SSSR count). The fourth-order valence-electron chi connectivity index (χ4n) is 5.70. The molecule has 0 bridgehead atoms. The van der Waals surface area contributed by atoms with Gasteiger partial charge in [0.15, 0.2) is 0 Å². The van der Waals surface area contributed by atoms with Gasteiger partial charge >= 0.3 is 0 Å². The number of rotatable bonds is 4. The lowest BCUT2D eigenvalue weighted by Crippen LogP contribution is -2.18. The van der Waals surface area contributed by atoms with Crippen LogP contribution in [0.3, 0.4) is 0 Å². The van der Waals surface area contributed by atoms with Crippen molar-refractivity contribution >= 4 is 12.2 Å². The van der Waals surface area contributed by atoms with E-state index in [9.17, 15) is 10.2 Å².